The molecular formula is C47H38N2O. The van der Waals surface area contributed by atoms with Gasteiger partial charge in [0.25, 0.3) is 0 Å². The van der Waals surface area contributed by atoms with Gasteiger partial charge in [-0.15, -0.1) is 0 Å². The molecule has 0 bridgehead atoms. The first-order valence-electron chi connectivity index (χ1n) is 17.4. The van der Waals surface area contributed by atoms with Crippen LogP contribution in [-0.4, -0.2) is 0 Å². The van der Waals surface area contributed by atoms with E-state index in [1.807, 2.05) is 30.3 Å². The molecule has 1 heterocycles. The van der Waals surface area contributed by atoms with Crippen molar-refractivity contribution < 1.29 is 4.42 Å². The molecule has 1 aliphatic carbocycles. The molecule has 3 nitrogen and oxygen atoms in total. The van der Waals surface area contributed by atoms with Gasteiger partial charge in [-0.3, -0.25) is 0 Å². The van der Waals surface area contributed by atoms with Gasteiger partial charge in [0.1, 0.15) is 17.3 Å². The van der Waals surface area contributed by atoms with Gasteiger partial charge in [-0.1, -0.05) is 153 Å². The maximum atomic E-state index is 6.89. The Bertz CT molecular complexity index is 2590. The summed E-state index contributed by atoms with van der Waals surface area (Å²) in [6.07, 6.45) is 2.66. The van der Waals surface area contributed by atoms with Crippen LogP contribution in [0.1, 0.15) is 47.8 Å². The van der Waals surface area contributed by atoms with Crippen LogP contribution in [0, 0.1) is 0 Å². The third-order valence-corrected chi connectivity index (χ3v) is 10.5. The van der Waals surface area contributed by atoms with Gasteiger partial charge >= 0.3 is 0 Å². The van der Waals surface area contributed by atoms with Gasteiger partial charge in [0.15, 0.2) is 0 Å². The standard InChI is InChI=1S/C47H38N2O/c1-47(2)40-23-12-22-38(44(40)39-28-32-16-6-7-17-33(32)29-41(39)47)42(49-46(48)31-14-4-3-5-15-31)26-25-30-13-10-18-34(27-30)35-20-11-21-37-36-19-8-9-24-43(36)50-45(35)37/h3-24,26-29,46,49H,25,48H2,1-2H3/b42-26-. The van der Waals surface area contributed by atoms with E-state index in [9.17, 15) is 0 Å². The quantitative estimate of drug-likeness (QED) is 0.169. The number of allylic oxidation sites excluding steroid dienone is 1. The molecule has 3 heteroatoms. The average molecular weight is 647 g/mol. The molecule has 0 spiro atoms. The van der Waals surface area contributed by atoms with Crippen LogP contribution in [0.3, 0.4) is 0 Å². The first-order valence-corrected chi connectivity index (χ1v) is 17.4. The Hall–Kier alpha value is -5.90. The summed E-state index contributed by atoms with van der Waals surface area (Å²) in [7, 11) is 0. The minimum Gasteiger partial charge on any atom is -0.455 e. The Morgan fingerprint density at radius 1 is 0.680 bits per heavy atom. The lowest BCUT2D eigenvalue weighted by Gasteiger charge is -2.23. The molecule has 242 valence electrons. The van der Waals surface area contributed by atoms with Crippen molar-refractivity contribution in [2.75, 3.05) is 0 Å². The summed E-state index contributed by atoms with van der Waals surface area (Å²) in [5.41, 5.74) is 20.5. The third-order valence-electron chi connectivity index (χ3n) is 10.5. The van der Waals surface area contributed by atoms with Gasteiger partial charge in [-0.2, -0.15) is 0 Å². The first kappa shape index (κ1) is 30.2. The van der Waals surface area contributed by atoms with E-state index in [0.717, 1.165) is 50.7 Å². The number of hydrogen-bond acceptors (Lipinski definition) is 3. The first-order chi connectivity index (χ1) is 24.5. The summed E-state index contributed by atoms with van der Waals surface area (Å²) in [5.74, 6) is 0. The molecule has 1 unspecified atom stereocenters. The largest absolute Gasteiger partial charge is 0.455 e. The normalized spacial score (nSPS) is 14.2. The monoisotopic (exact) mass is 646 g/mol. The summed E-state index contributed by atoms with van der Waals surface area (Å²) in [4.78, 5) is 0. The smallest absolute Gasteiger partial charge is 0.143 e. The van der Waals surface area contributed by atoms with Crippen molar-refractivity contribution in [1.82, 2.24) is 5.32 Å². The van der Waals surface area contributed by atoms with Crippen LogP contribution in [0.15, 0.2) is 162 Å². The SMILES string of the molecule is CC1(C)c2cc3ccccc3cc2-c2c(/C(=C/Cc3cccc(-c4cccc5c4oc4ccccc45)c3)NC(N)c3ccccc3)cccc21. The number of nitrogens with one attached hydrogen (secondary N) is 1. The number of hydrogen-bond donors (Lipinski definition) is 2. The third kappa shape index (κ3) is 5.01. The maximum Gasteiger partial charge on any atom is 0.143 e. The number of furan rings is 1. The fraction of sp³-hybridized carbons (Fsp3) is 0.106. The van der Waals surface area contributed by atoms with E-state index in [0.29, 0.717) is 0 Å². The molecule has 0 amide bonds. The molecule has 7 aromatic carbocycles. The Kier molecular flexibility index (Phi) is 7.19. The zero-order chi connectivity index (χ0) is 33.8. The van der Waals surface area contributed by atoms with E-state index >= 15 is 0 Å². The highest BCUT2D eigenvalue weighted by atomic mass is 16.3. The van der Waals surface area contributed by atoms with Crippen molar-refractivity contribution >= 4 is 38.4 Å². The fourth-order valence-corrected chi connectivity index (χ4v) is 7.92. The zero-order valence-electron chi connectivity index (χ0n) is 28.3. The molecule has 0 saturated carbocycles. The highest BCUT2D eigenvalue weighted by Crippen LogP contribution is 2.52. The van der Waals surface area contributed by atoms with Gasteiger partial charge in [0.2, 0.25) is 0 Å². The van der Waals surface area contributed by atoms with Crippen molar-refractivity contribution in [3.8, 4) is 22.3 Å². The van der Waals surface area contributed by atoms with Crippen molar-refractivity contribution in [2.45, 2.75) is 31.8 Å². The van der Waals surface area contributed by atoms with E-state index in [1.165, 1.54) is 44.2 Å². The van der Waals surface area contributed by atoms with Crippen LogP contribution in [0.5, 0.6) is 0 Å². The van der Waals surface area contributed by atoms with E-state index in [2.05, 4.69) is 147 Å². The Labute approximate surface area is 292 Å². The summed E-state index contributed by atoms with van der Waals surface area (Å²) in [6.45, 7) is 4.69. The lowest BCUT2D eigenvalue weighted by atomic mass is 9.81. The molecule has 0 fully saturated rings. The van der Waals surface area contributed by atoms with Gasteiger partial charge < -0.3 is 15.5 Å². The number of benzene rings is 7. The van der Waals surface area contributed by atoms with E-state index in [4.69, 9.17) is 10.2 Å². The molecule has 0 aliphatic heterocycles. The topological polar surface area (TPSA) is 51.2 Å². The van der Waals surface area contributed by atoms with Crippen LogP contribution < -0.4 is 11.1 Å². The van der Waals surface area contributed by atoms with E-state index < -0.39 is 0 Å². The minimum atomic E-state index is -0.374. The van der Waals surface area contributed by atoms with Crippen LogP contribution >= 0.6 is 0 Å². The molecule has 0 radical (unpaired) electrons. The second-order valence-corrected chi connectivity index (χ2v) is 13.9. The predicted octanol–water partition coefficient (Wildman–Crippen LogP) is 11.5. The Morgan fingerprint density at radius 2 is 1.40 bits per heavy atom. The fourth-order valence-electron chi connectivity index (χ4n) is 7.92. The van der Waals surface area contributed by atoms with Gasteiger partial charge in [0.05, 0.1) is 0 Å². The highest BCUT2D eigenvalue weighted by molar-refractivity contribution is 6.09. The van der Waals surface area contributed by atoms with Crippen molar-refractivity contribution in [1.29, 1.82) is 0 Å². The number of rotatable bonds is 7. The molecule has 50 heavy (non-hydrogen) atoms. The average Bonchev–Trinajstić information content (AvgIpc) is 3.65. The molecule has 9 rings (SSSR count). The van der Waals surface area contributed by atoms with E-state index in [-0.39, 0.29) is 11.6 Å². The molecule has 1 aromatic heterocycles. The van der Waals surface area contributed by atoms with Crippen molar-refractivity contribution in [3.63, 3.8) is 0 Å². The van der Waals surface area contributed by atoms with Gasteiger partial charge in [-0.05, 0) is 74.3 Å². The Morgan fingerprint density at radius 3 is 2.26 bits per heavy atom. The van der Waals surface area contributed by atoms with Crippen LogP contribution in [-0.2, 0) is 11.8 Å². The molecule has 3 N–H and O–H groups in total. The molecule has 1 aliphatic rings. The Balaban J connectivity index is 1.15. The minimum absolute atomic E-state index is 0.136. The molecule has 0 saturated heterocycles. The summed E-state index contributed by atoms with van der Waals surface area (Å²) in [5, 5.41) is 8.55. The zero-order valence-corrected chi connectivity index (χ0v) is 28.3. The lowest BCUT2D eigenvalue weighted by molar-refractivity contribution is 0.659. The van der Waals surface area contributed by atoms with Crippen LogP contribution in [0.2, 0.25) is 0 Å². The van der Waals surface area contributed by atoms with Crippen molar-refractivity contribution in [3.05, 3.63) is 186 Å². The second kappa shape index (κ2) is 11.9. The summed E-state index contributed by atoms with van der Waals surface area (Å²) >= 11 is 0. The van der Waals surface area contributed by atoms with Gasteiger partial charge in [0, 0.05) is 33.0 Å². The molecular weight excluding hydrogens is 609 g/mol. The highest BCUT2D eigenvalue weighted by Gasteiger charge is 2.37. The maximum absolute atomic E-state index is 6.89. The number of nitrogens with two attached hydrogens (primary N) is 1. The molecule has 8 aromatic rings. The second-order valence-electron chi connectivity index (χ2n) is 13.9. The predicted molar refractivity (Wildman–Crippen MR) is 209 cm³/mol. The van der Waals surface area contributed by atoms with Crippen molar-refractivity contribution in [2.24, 2.45) is 5.73 Å². The lowest BCUT2D eigenvalue weighted by Crippen LogP contribution is -2.28. The van der Waals surface area contributed by atoms with Crippen LogP contribution in [0.25, 0.3) is 60.7 Å². The number of para-hydroxylation sites is 2. The summed E-state index contributed by atoms with van der Waals surface area (Å²) in [6, 6.07) is 53.9. The van der Waals surface area contributed by atoms with Gasteiger partial charge in [-0.25, -0.2) is 0 Å². The van der Waals surface area contributed by atoms with E-state index in [1.54, 1.807) is 0 Å². The summed E-state index contributed by atoms with van der Waals surface area (Å²) < 4.78 is 6.40. The van der Waals surface area contributed by atoms with Crippen LogP contribution in [0.4, 0.5) is 0 Å². The number of fused-ring (bicyclic) bond motifs is 7. The molecule has 1 atom stereocenters.